The SMILES string of the molecule is CC(=O)NC(CN1CCN(C(=O)OC(C)(C)C)CC1)c1ccccc1Cl. The summed E-state index contributed by atoms with van der Waals surface area (Å²) in [5, 5.41) is 3.62. The van der Waals surface area contributed by atoms with E-state index in [2.05, 4.69) is 10.2 Å². The quantitative estimate of drug-likeness (QED) is 0.870. The van der Waals surface area contributed by atoms with Gasteiger partial charge in [0.15, 0.2) is 0 Å². The Morgan fingerprint density at radius 1 is 1.19 bits per heavy atom. The van der Waals surface area contributed by atoms with E-state index in [-0.39, 0.29) is 18.0 Å². The third kappa shape index (κ3) is 6.18. The minimum absolute atomic E-state index is 0.0951. The molecule has 1 atom stereocenters. The second-order valence-corrected chi connectivity index (χ2v) is 7.95. The van der Waals surface area contributed by atoms with Crippen LogP contribution in [0.25, 0.3) is 0 Å². The summed E-state index contributed by atoms with van der Waals surface area (Å²) in [6, 6.07) is 7.35. The number of hydrogen-bond acceptors (Lipinski definition) is 4. The van der Waals surface area contributed by atoms with Gasteiger partial charge in [0.2, 0.25) is 5.91 Å². The van der Waals surface area contributed by atoms with Crippen LogP contribution in [-0.4, -0.2) is 60.1 Å². The van der Waals surface area contributed by atoms with E-state index in [1.54, 1.807) is 4.90 Å². The molecule has 1 aliphatic rings. The number of nitrogens with zero attached hydrogens (tertiary/aromatic N) is 2. The fourth-order valence-electron chi connectivity index (χ4n) is 2.92. The molecule has 1 N–H and O–H groups in total. The maximum absolute atomic E-state index is 12.2. The van der Waals surface area contributed by atoms with E-state index < -0.39 is 5.60 Å². The first kappa shape index (κ1) is 20.5. The number of rotatable bonds is 4. The van der Waals surface area contributed by atoms with Crippen molar-refractivity contribution >= 4 is 23.6 Å². The minimum Gasteiger partial charge on any atom is -0.444 e. The molecule has 0 saturated carbocycles. The zero-order valence-electron chi connectivity index (χ0n) is 15.9. The number of carbonyl (C=O) groups is 2. The number of nitrogens with one attached hydrogen (secondary N) is 1. The van der Waals surface area contributed by atoms with Crippen molar-refractivity contribution < 1.29 is 14.3 Å². The number of hydrogen-bond donors (Lipinski definition) is 1. The molecule has 2 amide bonds. The van der Waals surface area contributed by atoms with Crippen molar-refractivity contribution in [3.63, 3.8) is 0 Å². The Labute approximate surface area is 160 Å². The molecule has 1 unspecified atom stereocenters. The van der Waals surface area contributed by atoms with Crippen molar-refractivity contribution in [2.75, 3.05) is 32.7 Å². The van der Waals surface area contributed by atoms with Crippen molar-refractivity contribution in [1.82, 2.24) is 15.1 Å². The molecule has 0 bridgehead atoms. The van der Waals surface area contributed by atoms with Gasteiger partial charge in [0, 0.05) is 44.7 Å². The Morgan fingerprint density at radius 3 is 2.35 bits per heavy atom. The molecule has 6 nitrogen and oxygen atoms in total. The monoisotopic (exact) mass is 381 g/mol. The van der Waals surface area contributed by atoms with Crippen molar-refractivity contribution in [3.05, 3.63) is 34.9 Å². The van der Waals surface area contributed by atoms with Crippen LogP contribution in [0, 0.1) is 0 Å². The number of carbonyl (C=O) groups excluding carboxylic acids is 2. The van der Waals surface area contributed by atoms with Crippen LogP contribution in [-0.2, 0) is 9.53 Å². The van der Waals surface area contributed by atoms with Gasteiger partial charge >= 0.3 is 6.09 Å². The Bertz CT molecular complexity index is 637. The molecular formula is C19H28ClN3O3. The molecule has 0 aliphatic carbocycles. The van der Waals surface area contributed by atoms with Gasteiger partial charge in [-0.25, -0.2) is 4.79 Å². The average Bonchev–Trinajstić information content (AvgIpc) is 2.53. The van der Waals surface area contributed by atoms with Crippen LogP contribution in [0.2, 0.25) is 5.02 Å². The molecule has 2 rings (SSSR count). The van der Waals surface area contributed by atoms with Crippen molar-refractivity contribution in [2.45, 2.75) is 39.3 Å². The van der Waals surface area contributed by atoms with Crippen LogP contribution in [0.5, 0.6) is 0 Å². The molecule has 144 valence electrons. The Hall–Kier alpha value is -1.79. The zero-order valence-corrected chi connectivity index (χ0v) is 16.7. The number of amides is 2. The van der Waals surface area contributed by atoms with Crippen LogP contribution in [0.15, 0.2) is 24.3 Å². The van der Waals surface area contributed by atoms with Crippen LogP contribution < -0.4 is 5.32 Å². The Balaban J connectivity index is 1.96. The maximum atomic E-state index is 12.2. The number of halogens is 1. The number of benzene rings is 1. The number of piperazine rings is 1. The molecule has 0 radical (unpaired) electrons. The normalized spacial score (nSPS) is 16.9. The lowest BCUT2D eigenvalue weighted by molar-refractivity contribution is -0.119. The second kappa shape index (κ2) is 8.73. The first-order chi connectivity index (χ1) is 12.2. The van der Waals surface area contributed by atoms with Gasteiger partial charge < -0.3 is 15.0 Å². The van der Waals surface area contributed by atoms with E-state index in [0.29, 0.717) is 24.7 Å². The molecule has 26 heavy (non-hydrogen) atoms. The van der Waals surface area contributed by atoms with Gasteiger partial charge in [-0.05, 0) is 32.4 Å². The first-order valence-electron chi connectivity index (χ1n) is 8.87. The molecular weight excluding hydrogens is 354 g/mol. The largest absolute Gasteiger partial charge is 0.444 e. The third-order valence-electron chi connectivity index (χ3n) is 4.12. The third-order valence-corrected chi connectivity index (χ3v) is 4.47. The lowest BCUT2D eigenvalue weighted by atomic mass is 10.1. The lowest BCUT2D eigenvalue weighted by Gasteiger charge is -2.37. The molecule has 0 spiro atoms. The summed E-state index contributed by atoms with van der Waals surface area (Å²) in [4.78, 5) is 27.7. The predicted octanol–water partition coefficient (Wildman–Crippen LogP) is 3.07. The first-order valence-corrected chi connectivity index (χ1v) is 9.25. The van der Waals surface area contributed by atoms with Gasteiger partial charge in [-0.1, -0.05) is 29.8 Å². The van der Waals surface area contributed by atoms with Crippen molar-refractivity contribution in [2.24, 2.45) is 0 Å². The van der Waals surface area contributed by atoms with Crippen LogP contribution >= 0.6 is 11.6 Å². The molecule has 7 heteroatoms. The molecule has 0 aromatic heterocycles. The fourth-order valence-corrected chi connectivity index (χ4v) is 3.19. The highest BCUT2D eigenvalue weighted by Crippen LogP contribution is 2.24. The van der Waals surface area contributed by atoms with Crippen molar-refractivity contribution in [3.8, 4) is 0 Å². The molecule has 1 aliphatic heterocycles. The highest BCUT2D eigenvalue weighted by atomic mass is 35.5. The van der Waals surface area contributed by atoms with E-state index in [0.717, 1.165) is 18.7 Å². The lowest BCUT2D eigenvalue weighted by Crippen LogP contribution is -2.51. The molecule has 1 saturated heterocycles. The highest BCUT2D eigenvalue weighted by molar-refractivity contribution is 6.31. The standard InChI is InChI=1S/C19H28ClN3O3/c1-14(24)21-17(15-7-5-6-8-16(15)20)13-22-9-11-23(12-10-22)18(25)26-19(2,3)4/h5-8,17H,9-13H2,1-4H3,(H,21,24). The smallest absolute Gasteiger partial charge is 0.410 e. The molecule has 1 heterocycles. The summed E-state index contributed by atoms with van der Waals surface area (Å²) >= 11 is 6.31. The van der Waals surface area contributed by atoms with Crippen LogP contribution in [0.4, 0.5) is 4.79 Å². The van der Waals surface area contributed by atoms with Gasteiger partial charge in [-0.15, -0.1) is 0 Å². The predicted molar refractivity (Wildman–Crippen MR) is 102 cm³/mol. The Kier molecular flexibility index (Phi) is 6.89. The summed E-state index contributed by atoms with van der Waals surface area (Å²) in [5.74, 6) is -0.0951. The average molecular weight is 382 g/mol. The highest BCUT2D eigenvalue weighted by Gasteiger charge is 2.27. The minimum atomic E-state index is -0.491. The van der Waals surface area contributed by atoms with Gasteiger partial charge in [-0.2, -0.15) is 0 Å². The second-order valence-electron chi connectivity index (χ2n) is 7.54. The molecule has 1 fully saturated rings. The van der Waals surface area contributed by atoms with Crippen LogP contribution in [0.1, 0.15) is 39.3 Å². The van der Waals surface area contributed by atoms with E-state index in [9.17, 15) is 9.59 Å². The summed E-state index contributed by atoms with van der Waals surface area (Å²) in [6.07, 6.45) is -0.276. The maximum Gasteiger partial charge on any atom is 0.410 e. The van der Waals surface area contributed by atoms with Crippen LogP contribution in [0.3, 0.4) is 0 Å². The van der Waals surface area contributed by atoms with Gasteiger partial charge in [0.1, 0.15) is 5.60 Å². The van der Waals surface area contributed by atoms with Crippen molar-refractivity contribution in [1.29, 1.82) is 0 Å². The topological polar surface area (TPSA) is 61.9 Å². The fraction of sp³-hybridized carbons (Fsp3) is 0.579. The summed E-state index contributed by atoms with van der Waals surface area (Å²) in [5.41, 5.74) is 0.411. The van der Waals surface area contributed by atoms with Gasteiger partial charge in [-0.3, -0.25) is 9.69 Å². The van der Waals surface area contributed by atoms with E-state index in [1.807, 2.05) is 45.0 Å². The summed E-state index contributed by atoms with van der Waals surface area (Å²) < 4.78 is 5.43. The molecule has 1 aromatic carbocycles. The van der Waals surface area contributed by atoms with E-state index in [4.69, 9.17) is 16.3 Å². The van der Waals surface area contributed by atoms with E-state index >= 15 is 0 Å². The molecule has 1 aromatic rings. The zero-order chi connectivity index (χ0) is 19.3. The summed E-state index contributed by atoms with van der Waals surface area (Å²) in [6.45, 7) is 10.4. The van der Waals surface area contributed by atoms with Gasteiger partial charge in [0.25, 0.3) is 0 Å². The van der Waals surface area contributed by atoms with E-state index in [1.165, 1.54) is 6.92 Å². The number of ether oxygens (including phenoxy) is 1. The summed E-state index contributed by atoms with van der Waals surface area (Å²) in [7, 11) is 0. The van der Waals surface area contributed by atoms with Gasteiger partial charge in [0.05, 0.1) is 6.04 Å². The Morgan fingerprint density at radius 2 is 1.81 bits per heavy atom.